The fourth-order valence-electron chi connectivity index (χ4n) is 1.39. The minimum atomic E-state index is 0.189. The van der Waals surface area contributed by atoms with Gasteiger partial charge in [0, 0.05) is 16.2 Å². The Morgan fingerprint density at radius 1 is 1.28 bits per heavy atom. The first-order valence-corrected chi connectivity index (χ1v) is 6.57. The summed E-state index contributed by atoms with van der Waals surface area (Å²) in [6.45, 7) is 2.75. The minimum absolute atomic E-state index is 0.189. The second kappa shape index (κ2) is 5.85. The number of anilines is 2. The summed E-state index contributed by atoms with van der Waals surface area (Å²) < 4.78 is 6.78. The number of hydrogen-bond acceptors (Lipinski definition) is 5. The van der Waals surface area contributed by atoms with Crippen LogP contribution < -0.4 is 15.8 Å². The van der Waals surface area contributed by atoms with Crippen molar-refractivity contribution >= 4 is 34.4 Å². The van der Waals surface area contributed by atoms with E-state index in [1.54, 1.807) is 6.07 Å². The standard InChI is InChI=1S/C12H13IN4O/c1-2-15-10-7-11(17-12(14)16-10)18-9-5-3-8(13)4-6-9/h3-7H,2H2,1H3,(H3,14,15,16,17). The fourth-order valence-corrected chi connectivity index (χ4v) is 1.75. The van der Waals surface area contributed by atoms with Crippen LogP contribution in [0.15, 0.2) is 30.3 Å². The summed E-state index contributed by atoms with van der Waals surface area (Å²) in [5.41, 5.74) is 5.62. The molecule has 5 nitrogen and oxygen atoms in total. The Morgan fingerprint density at radius 3 is 2.67 bits per heavy atom. The number of nitrogens with zero attached hydrogens (tertiary/aromatic N) is 2. The van der Waals surface area contributed by atoms with Crippen molar-refractivity contribution in [3.8, 4) is 11.6 Å². The molecule has 6 heteroatoms. The number of rotatable bonds is 4. The van der Waals surface area contributed by atoms with Crippen LogP contribution in [0.4, 0.5) is 11.8 Å². The van der Waals surface area contributed by atoms with E-state index in [9.17, 15) is 0 Å². The third-order valence-electron chi connectivity index (χ3n) is 2.11. The topological polar surface area (TPSA) is 73.1 Å². The largest absolute Gasteiger partial charge is 0.439 e. The molecule has 0 bridgehead atoms. The normalized spacial score (nSPS) is 10.1. The number of aromatic nitrogens is 2. The molecule has 0 aliphatic rings. The monoisotopic (exact) mass is 356 g/mol. The third kappa shape index (κ3) is 3.46. The SMILES string of the molecule is CCNc1cc(Oc2ccc(I)cc2)nc(N)n1. The van der Waals surface area contributed by atoms with Crippen molar-refractivity contribution in [1.29, 1.82) is 0 Å². The van der Waals surface area contributed by atoms with Crippen LogP contribution in [0.2, 0.25) is 0 Å². The first-order chi connectivity index (χ1) is 8.67. The summed E-state index contributed by atoms with van der Waals surface area (Å²) in [5.74, 6) is 2.00. The van der Waals surface area contributed by atoms with Crippen LogP contribution in [0.1, 0.15) is 6.92 Å². The van der Waals surface area contributed by atoms with Crippen LogP contribution in [0.3, 0.4) is 0 Å². The Hall–Kier alpha value is -1.57. The summed E-state index contributed by atoms with van der Waals surface area (Å²) >= 11 is 2.24. The summed E-state index contributed by atoms with van der Waals surface area (Å²) in [6, 6.07) is 9.41. The van der Waals surface area contributed by atoms with Gasteiger partial charge in [0.05, 0.1) is 0 Å². The van der Waals surface area contributed by atoms with Gasteiger partial charge in [-0.1, -0.05) is 0 Å². The lowest BCUT2D eigenvalue weighted by Crippen LogP contribution is -2.04. The fraction of sp³-hybridized carbons (Fsp3) is 0.167. The van der Waals surface area contributed by atoms with E-state index >= 15 is 0 Å². The molecule has 0 unspecified atom stereocenters. The van der Waals surface area contributed by atoms with Crippen molar-refractivity contribution < 1.29 is 4.74 Å². The van der Waals surface area contributed by atoms with Gasteiger partial charge in [0.25, 0.3) is 0 Å². The Kier molecular flexibility index (Phi) is 4.19. The van der Waals surface area contributed by atoms with E-state index in [4.69, 9.17) is 10.5 Å². The molecule has 1 aromatic heterocycles. The molecule has 0 saturated carbocycles. The Balaban J connectivity index is 2.20. The smallest absolute Gasteiger partial charge is 0.226 e. The van der Waals surface area contributed by atoms with Crippen molar-refractivity contribution in [3.63, 3.8) is 0 Å². The number of nitrogens with one attached hydrogen (secondary N) is 1. The molecule has 0 fully saturated rings. The van der Waals surface area contributed by atoms with E-state index in [0.717, 1.165) is 15.9 Å². The summed E-state index contributed by atoms with van der Waals surface area (Å²) in [6.07, 6.45) is 0. The average Bonchev–Trinajstić information content (AvgIpc) is 2.32. The first-order valence-electron chi connectivity index (χ1n) is 5.49. The van der Waals surface area contributed by atoms with E-state index < -0.39 is 0 Å². The average molecular weight is 356 g/mol. The van der Waals surface area contributed by atoms with E-state index in [-0.39, 0.29) is 5.95 Å². The molecular weight excluding hydrogens is 343 g/mol. The maximum Gasteiger partial charge on any atom is 0.226 e. The maximum absolute atomic E-state index is 5.63. The van der Waals surface area contributed by atoms with Crippen LogP contribution in [0.25, 0.3) is 0 Å². The van der Waals surface area contributed by atoms with Gasteiger partial charge < -0.3 is 15.8 Å². The molecule has 2 rings (SSSR count). The zero-order chi connectivity index (χ0) is 13.0. The maximum atomic E-state index is 5.63. The Labute approximate surface area is 119 Å². The molecule has 18 heavy (non-hydrogen) atoms. The lowest BCUT2D eigenvalue weighted by Gasteiger charge is -2.08. The van der Waals surface area contributed by atoms with Gasteiger partial charge in [0.2, 0.25) is 11.8 Å². The van der Waals surface area contributed by atoms with Gasteiger partial charge in [0.15, 0.2) is 0 Å². The van der Waals surface area contributed by atoms with E-state index in [1.165, 1.54) is 0 Å². The highest BCUT2D eigenvalue weighted by molar-refractivity contribution is 14.1. The van der Waals surface area contributed by atoms with Gasteiger partial charge in [-0.05, 0) is 53.8 Å². The molecule has 1 heterocycles. The molecule has 1 aromatic carbocycles. The summed E-state index contributed by atoms with van der Waals surface area (Å²) in [4.78, 5) is 8.09. The van der Waals surface area contributed by atoms with Gasteiger partial charge in [-0.15, -0.1) is 0 Å². The molecule has 0 atom stereocenters. The number of hydrogen-bond donors (Lipinski definition) is 2. The number of nitrogen functional groups attached to an aromatic ring is 1. The van der Waals surface area contributed by atoms with Crippen LogP contribution in [-0.4, -0.2) is 16.5 Å². The van der Waals surface area contributed by atoms with Crippen molar-refractivity contribution in [2.75, 3.05) is 17.6 Å². The van der Waals surface area contributed by atoms with E-state index in [1.807, 2.05) is 31.2 Å². The highest BCUT2D eigenvalue weighted by atomic mass is 127. The van der Waals surface area contributed by atoms with Crippen molar-refractivity contribution in [3.05, 3.63) is 33.9 Å². The number of nitrogens with two attached hydrogens (primary N) is 1. The van der Waals surface area contributed by atoms with Crippen LogP contribution in [0.5, 0.6) is 11.6 Å². The summed E-state index contributed by atoms with van der Waals surface area (Å²) in [7, 11) is 0. The van der Waals surface area contributed by atoms with E-state index in [2.05, 4.69) is 37.9 Å². The highest BCUT2D eigenvalue weighted by Crippen LogP contribution is 2.22. The predicted molar refractivity (Wildman–Crippen MR) is 79.8 cm³/mol. The number of halogens is 1. The van der Waals surface area contributed by atoms with Crippen molar-refractivity contribution in [1.82, 2.24) is 9.97 Å². The van der Waals surface area contributed by atoms with Gasteiger partial charge >= 0.3 is 0 Å². The molecule has 0 amide bonds. The zero-order valence-corrected chi connectivity index (χ0v) is 12.0. The quantitative estimate of drug-likeness (QED) is 0.825. The Morgan fingerprint density at radius 2 is 2.00 bits per heavy atom. The third-order valence-corrected chi connectivity index (χ3v) is 2.83. The molecule has 2 aromatic rings. The second-order valence-corrected chi connectivity index (χ2v) is 4.78. The van der Waals surface area contributed by atoms with Crippen LogP contribution >= 0.6 is 22.6 Å². The first kappa shape index (κ1) is 12.9. The molecule has 0 radical (unpaired) electrons. The van der Waals surface area contributed by atoms with Crippen LogP contribution in [0, 0.1) is 3.57 Å². The van der Waals surface area contributed by atoms with Gasteiger partial charge in [0.1, 0.15) is 11.6 Å². The highest BCUT2D eigenvalue weighted by Gasteiger charge is 2.04. The van der Waals surface area contributed by atoms with Crippen LogP contribution in [-0.2, 0) is 0 Å². The Bertz CT molecular complexity index is 530. The summed E-state index contributed by atoms with van der Waals surface area (Å²) in [5, 5.41) is 3.07. The van der Waals surface area contributed by atoms with Crippen molar-refractivity contribution in [2.24, 2.45) is 0 Å². The lowest BCUT2D eigenvalue weighted by molar-refractivity contribution is 0.463. The van der Waals surface area contributed by atoms with Crippen molar-refractivity contribution in [2.45, 2.75) is 6.92 Å². The minimum Gasteiger partial charge on any atom is -0.439 e. The molecule has 0 spiro atoms. The van der Waals surface area contributed by atoms with Gasteiger partial charge in [-0.3, -0.25) is 0 Å². The zero-order valence-electron chi connectivity index (χ0n) is 9.85. The number of benzene rings is 1. The molecule has 0 aliphatic heterocycles. The molecule has 94 valence electrons. The molecule has 0 saturated heterocycles. The second-order valence-electron chi connectivity index (χ2n) is 3.54. The lowest BCUT2D eigenvalue weighted by atomic mass is 10.3. The molecule has 0 aliphatic carbocycles. The van der Waals surface area contributed by atoms with Gasteiger partial charge in [-0.25, -0.2) is 0 Å². The predicted octanol–water partition coefficient (Wildman–Crippen LogP) is 2.89. The molecule has 3 N–H and O–H groups in total. The van der Waals surface area contributed by atoms with Gasteiger partial charge in [-0.2, -0.15) is 9.97 Å². The number of ether oxygens (including phenoxy) is 1. The van der Waals surface area contributed by atoms with E-state index in [0.29, 0.717) is 11.7 Å². The molecular formula is C12H13IN4O.